The topological polar surface area (TPSA) is 88.3 Å². The van der Waals surface area contributed by atoms with Crippen LogP contribution in [-0.4, -0.2) is 28.2 Å². The van der Waals surface area contributed by atoms with Crippen LogP contribution in [0, 0.1) is 15.5 Å². The highest BCUT2D eigenvalue weighted by Crippen LogP contribution is 2.33. The lowest BCUT2D eigenvalue weighted by atomic mass is 9.83. The molecule has 1 heterocycles. The van der Waals surface area contributed by atoms with E-state index in [1.807, 2.05) is 13.8 Å². The highest BCUT2D eigenvalue weighted by Gasteiger charge is 2.27. The number of nitrogens with one attached hydrogen (secondary N) is 1. The predicted molar refractivity (Wildman–Crippen MR) is 77.2 cm³/mol. The van der Waals surface area contributed by atoms with Crippen molar-refractivity contribution in [1.29, 1.82) is 0 Å². The van der Waals surface area contributed by atoms with Gasteiger partial charge in [0.15, 0.2) is 0 Å². The summed E-state index contributed by atoms with van der Waals surface area (Å²) in [5.41, 5.74) is 0.0597. The molecule has 0 amide bonds. The van der Waals surface area contributed by atoms with Gasteiger partial charge in [0, 0.05) is 18.2 Å². The summed E-state index contributed by atoms with van der Waals surface area (Å²) in [6.07, 6.45) is 4.31. The zero-order chi connectivity index (χ0) is 14.5. The predicted octanol–water partition coefficient (Wildman–Crippen LogP) is 2.96. The quantitative estimate of drug-likeness (QED) is 0.592. The Hall–Kier alpha value is -1.21. The summed E-state index contributed by atoms with van der Waals surface area (Å²) >= 11 is 3.26. The van der Waals surface area contributed by atoms with E-state index in [1.54, 1.807) is 0 Å². The van der Waals surface area contributed by atoms with E-state index in [9.17, 15) is 15.2 Å². The Morgan fingerprint density at radius 2 is 2.11 bits per heavy atom. The SMILES string of the molecule is CCC(CC)(CO)CNc1c(Br)cncc1[N+](=O)[O-]. The van der Waals surface area contributed by atoms with Gasteiger partial charge in [-0.2, -0.15) is 0 Å². The van der Waals surface area contributed by atoms with Gasteiger partial charge in [-0.25, -0.2) is 0 Å². The van der Waals surface area contributed by atoms with Gasteiger partial charge in [-0.05, 0) is 28.8 Å². The minimum absolute atomic E-state index is 0.0451. The summed E-state index contributed by atoms with van der Waals surface area (Å²) in [4.78, 5) is 14.3. The number of aliphatic hydroxyl groups excluding tert-OH is 1. The molecule has 0 aliphatic heterocycles. The summed E-state index contributed by atoms with van der Waals surface area (Å²) in [7, 11) is 0. The molecule has 0 saturated carbocycles. The fraction of sp³-hybridized carbons (Fsp3) is 0.583. The van der Waals surface area contributed by atoms with Gasteiger partial charge in [0.05, 0.1) is 16.0 Å². The molecule has 0 unspecified atom stereocenters. The first-order chi connectivity index (χ1) is 8.99. The van der Waals surface area contributed by atoms with E-state index in [1.165, 1.54) is 12.4 Å². The van der Waals surface area contributed by atoms with Crippen LogP contribution >= 0.6 is 15.9 Å². The largest absolute Gasteiger partial charge is 0.396 e. The van der Waals surface area contributed by atoms with Crippen molar-refractivity contribution < 1.29 is 10.0 Å². The molecule has 0 spiro atoms. The Labute approximate surface area is 120 Å². The van der Waals surface area contributed by atoms with Crippen molar-refractivity contribution in [2.45, 2.75) is 26.7 Å². The molecule has 2 N–H and O–H groups in total. The normalized spacial score (nSPS) is 11.4. The van der Waals surface area contributed by atoms with E-state index in [-0.39, 0.29) is 17.7 Å². The van der Waals surface area contributed by atoms with Crippen molar-refractivity contribution in [3.63, 3.8) is 0 Å². The molecule has 0 bridgehead atoms. The van der Waals surface area contributed by atoms with Crippen molar-refractivity contribution in [3.8, 4) is 0 Å². The van der Waals surface area contributed by atoms with Crippen molar-refractivity contribution in [1.82, 2.24) is 4.98 Å². The molecule has 0 atom stereocenters. The Kier molecular flexibility index (Phi) is 5.68. The van der Waals surface area contributed by atoms with Crippen LogP contribution in [-0.2, 0) is 0 Å². The number of halogens is 1. The van der Waals surface area contributed by atoms with Crippen LogP contribution in [0.4, 0.5) is 11.4 Å². The van der Waals surface area contributed by atoms with Gasteiger partial charge in [-0.15, -0.1) is 0 Å². The lowest BCUT2D eigenvalue weighted by Crippen LogP contribution is -2.32. The maximum Gasteiger partial charge on any atom is 0.311 e. The molecule has 0 aliphatic carbocycles. The summed E-state index contributed by atoms with van der Waals surface area (Å²) in [6, 6.07) is 0. The van der Waals surface area contributed by atoms with Gasteiger partial charge < -0.3 is 10.4 Å². The number of anilines is 1. The minimum atomic E-state index is -0.474. The number of aromatic nitrogens is 1. The second-order valence-electron chi connectivity index (χ2n) is 4.49. The summed E-state index contributed by atoms with van der Waals surface area (Å²) in [5.74, 6) is 0. The zero-order valence-electron chi connectivity index (χ0n) is 11.0. The van der Waals surface area contributed by atoms with Crippen molar-refractivity contribution in [2.24, 2.45) is 5.41 Å². The molecule has 1 aromatic heterocycles. The highest BCUT2D eigenvalue weighted by molar-refractivity contribution is 9.10. The first-order valence-corrected chi connectivity index (χ1v) is 6.91. The minimum Gasteiger partial charge on any atom is -0.396 e. The average Bonchev–Trinajstić information content (AvgIpc) is 2.42. The molecule has 0 aromatic carbocycles. The highest BCUT2D eigenvalue weighted by atomic mass is 79.9. The molecule has 106 valence electrons. The lowest BCUT2D eigenvalue weighted by molar-refractivity contribution is -0.384. The second kappa shape index (κ2) is 6.81. The lowest BCUT2D eigenvalue weighted by Gasteiger charge is -2.30. The summed E-state index contributed by atoms with van der Waals surface area (Å²) < 4.78 is 0.542. The van der Waals surface area contributed by atoms with Gasteiger partial charge in [-0.1, -0.05) is 13.8 Å². The van der Waals surface area contributed by atoms with E-state index >= 15 is 0 Å². The molecule has 1 aromatic rings. The number of hydrogen-bond acceptors (Lipinski definition) is 5. The Balaban J connectivity index is 2.97. The van der Waals surface area contributed by atoms with Gasteiger partial charge in [-0.3, -0.25) is 15.1 Å². The third kappa shape index (κ3) is 3.63. The molecule has 0 aliphatic rings. The maximum atomic E-state index is 11.0. The first-order valence-electron chi connectivity index (χ1n) is 6.12. The van der Waals surface area contributed by atoms with E-state index in [0.29, 0.717) is 16.7 Å². The fourth-order valence-electron chi connectivity index (χ4n) is 1.79. The van der Waals surface area contributed by atoms with Crippen LogP contribution in [0.1, 0.15) is 26.7 Å². The monoisotopic (exact) mass is 331 g/mol. The Morgan fingerprint density at radius 1 is 1.47 bits per heavy atom. The number of nitro groups is 1. The van der Waals surface area contributed by atoms with Gasteiger partial charge in [0.1, 0.15) is 11.9 Å². The number of aliphatic hydroxyl groups is 1. The van der Waals surface area contributed by atoms with E-state index in [0.717, 1.165) is 12.8 Å². The number of rotatable bonds is 7. The Bertz CT molecular complexity index is 442. The number of hydrogen-bond donors (Lipinski definition) is 2. The third-order valence-electron chi connectivity index (χ3n) is 3.55. The summed E-state index contributed by atoms with van der Waals surface area (Å²) in [5, 5.41) is 23.5. The maximum absolute atomic E-state index is 11.0. The van der Waals surface area contributed by atoms with Crippen molar-refractivity contribution in [3.05, 3.63) is 27.0 Å². The molecule has 0 radical (unpaired) electrons. The molecule has 19 heavy (non-hydrogen) atoms. The Morgan fingerprint density at radius 3 is 2.58 bits per heavy atom. The van der Waals surface area contributed by atoms with Crippen LogP contribution in [0.5, 0.6) is 0 Å². The first kappa shape index (κ1) is 15.8. The van der Waals surface area contributed by atoms with Gasteiger partial charge in [0.25, 0.3) is 0 Å². The third-order valence-corrected chi connectivity index (χ3v) is 4.15. The molecule has 0 saturated heterocycles. The van der Waals surface area contributed by atoms with E-state index in [4.69, 9.17) is 0 Å². The fourth-order valence-corrected chi connectivity index (χ4v) is 2.26. The average molecular weight is 332 g/mol. The van der Waals surface area contributed by atoms with Crippen LogP contribution in [0.2, 0.25) is 0 Å². The summed E-state index contributed by atoms with van der Waals surface area (Å²) in [6.45, 7) is 4.51. The smallest absolute Gasteiger partial charge is 0.311 e. The molecule has 6 nitrogen and oxygen atoms in total. The second-order valence-corrected chi connectivity index (χ2v) is 5.35. The van der Waals surface area contributed by atoms with Crippen molar-refractivity contribution >= 4 is 27.3 Å². The number of nitrogens with zero attached hydrogens (tertiary/aromatic N) is 2. The molecular weight excluding hydrogens is 314 g/mol. The standard InChI is InChI=1S/C12H18BrN3O3/c1-3-12(4-2,8-17)7-15-11-9(13)5-14-6-10(11)16(18)19/h5-6,17H,3-4,7-8H2,1-2H3,(H,14,15). The molecule has 1 rings (SSSR count). The van der Waals surface area contributed by atoms with Crippen LogP contribution in [0.25, 0.3) is 0 Å². The number of pyridine rings is 1. The van der Waals surface area contributed by atoms with Gasteiger partial charge >= 0.3 is 5.69 Å². The molecule has 7 heteroatoms. The molecule has 0 fully saturated rings. The zero-order valence-corrected chi connectivity index (χ0v) is 12.6. The van der Waals surface area contributed by atoms with Crippen LogP contribution in [0.3, 0.4) is 0 Å². The van der Waals surface area contributed by atoms with Crippen molar-refractivity contribution in [2.75, 3.05) is 18.5 Å². The van der Waals surface area contributed by atoms with Crippen LogP contribution in [0.15, 0.2) is 16.9 Å². The van der Waals surface area contributed by atoms with E-state index in [2.05, 4.69) is 26.2 Å². The van der Waals surface area contributed by atoms with E-state index < -0.39 is 4.92 Å². The van der Waals surface area contributed by atoms with Gasteiger partial charge in [0.2, 0.25) is 0 Å². The van der Waals surface area contributed by atoms with Crippen LogP contribution < -0.4 is 5.32 Å². The molecular formula is C12H18BrN3O3.